The molecule has 2 amide bonds. The lowest BCUT2D eigenvalue weighted by molar-refractivity contribution is -0.151. The quantitative estimate of drug-likeness (QED) is 0.239. The van der Waals surface area contributed by atoms with Crippen LogP contribution in [-0.2, 0) is 10.2 Å². The Bertz CT molecular complexity index is 1330. The van der Waals surface area contributed by atoms with Gasteiger partial charge in [0.25, 0.3) is 0 Å². The van der Waals surface area contributed by atoms with E-state index in [0.717, 1.165) is 10.5 Å². The number of amides is 2. The summed E-state index contributed by atoms with van der Waals surface area (Å²) in [6, 6.07) is 6.94. The number of urea groups is 1. The minimum absolute atomic E-state index is 0.0288. The fraction of sp³-hybridized carbons (Fsp3) is 0.538. The smallest absolute Gasteiger partial charge is 0.387 e. The summed E-state index contributed by atoms with van der Waals surface area (Å²) >= 11 is 0. The van der Waals surface area contributed by atoms with Crippen LogP contribution >= 0.6 is 0 Å². The molecule has 0 saturated carbocycles. The van der Waals surface area contributed by atoms with Gasteiger partial charge in [-0.05, 0) is 29.5 Å². The average molecular weight is 581 g/mol. The van der Waals surface area contributed by atoms with Gasteiger partial charge in [-0.25, -0.2) is 19.7 Å². The minimum Gasteiger partial charge on any atom is -0.387 e. The lowest BCUT2D eigenvalue weighted by Gasteiger charge is -2.27. The SMILES string of the molecule is CC(C)(C)c1ccc(NC(=O)NCCCN(C[C@H]2O[C@@H](n3cnc4c(N)ncnc43)[C@H](O)[C@H]2O)CC(F)(F)F)cc1. The van der Waals surface area contributed by atoms with Crippen molar-refractivity contribution in [2.24, 2.45) is 0 Å². The number of aromatic nitrogens is 4. The van der Waals surface area contributed by atoms with Crippen molar-refractivity contribution in [3.63, 3.8) is 0 Å². The first-order chi connectivity index (χ1) is 19.2. The number of hydrogen-bond acceptors (Lipinski definition) is 9. The van der Waals surface area contributed by atoms with Crippen LogP contribution in [-0.4, -0.2) is 91.3 Å². The highest BCUT2D eigenvalue weighted by atomic mass is 19.4. The number of halogens is 3. The number of imidazole rings is 1. The number of hydrogen-bond donors (Lipinski definition) is 5. The second kappa shape index (κ2) is 12.1. The molecule has 0 spiro atoms. The van der Waals surface area contributed by atoms with Gasteiger partial charge in [-0.15, -0.1) is 0 Å². The van der Waals surface area contributed by atoms with Gasteiger partial charge in [-0.3, -0.25) is 9.47 Å². The van der Waals surface area contributed by atoms with Crippen molar-refractivity contribution in [2.45, 2.75) is 63.3 Å². The molecule has 0 radical (unpaired) electrons. The number of alkyl halides is 3. The summed E-state index contributed by atoms with van der Waals surface area (Å²) < 4.78 is 47.2. The van der Waals surface area contributed by atoms with Gasteiger partial charge < -0.3 is 31.3 Å². The summed E-state index contributed by atoms with van der Waals surface area (Å²) in [5.74, 6) is 0.107. The lowest BCUT2D eigenvalue weighted by atomic mass is 9.87. The number of nitrogens with two attached hydrogens (primary N) is 1. The second-order valence-electron chi connectivity index (χ2n) is 11.0. The fourth-order valence-electron chi connectivity index (χ4n) is 4.64. The van der Waals surface area contributed by atoms with Gasteiger partial charge in [0, 0.05) is 25.3 Å². The fourth-order valence-corrected chi connectivity index (χ4v) is 4.64. The number of carbonyl (C=O) groups excluding carboxylic acids is 1. The zero-order valence-corrected chi connectivity index (χ0v) is 23.0. The Morgan fingerprint density at radius 1 is 1.12 bits per heavy atom. The maximum atomic E-state index is 13.3. The van der Waals surface area contributed by atoms with Gasteiger partial charge in [-0.2, -0.15) is 13.2 Å². The summed E-state index contributed by atoms with van der Waals surface area (Å²) in [6.07, 6.45) is -7.02. The summed E-state index contributed by atoms with van der Waals surface area (Å²) in [7, 11) is 0. The molecule has 0 bridgehead atoms. The molecule has 0 unspecified atom stereocenters. The number of aliphatic hydroxyl groups is 2. The van der Waals surface area contributed by atoms with Gasteiger partial charge in [0.1, 0.15) is 30.2 Å². The number of nitrogens with zero attached hydrogens (tertiary/aromatic N) is 5. The lowest BCUT2D eigenvalue weighted by Crippen LogP contribution is -2.44. The Hall–Kier alpha value is -3.53. The molecule has 6 N–H and O–H groups in total. The van der Waals surface area contributed by atoms with Crippen LogP contribution in [0.2, 0.25) is 0 Å². The molecule has 0 aliphatic carbocycles. The van der Waals surface area contributed by atoms with Crippen LogP contribution in [0.1, 0.15) is 39.0 Å². The molecule has 12 nitrogen and oxygen atoms in total. The molecule has 4 rings (SSSR count). The number of aliphatic hydroxyl groups excluding tert-OH is 2. The normalized spacial score (nSPS) is 21.5. The van der Waals surface area contributed by atoms with Crippen LogP contribution in [0.3, 0.4) is 0 Å². The first-order valence-electron chi connectivity index (χ1n) is 13.1. The number of nitrogens with one attached hydrogen (secondary N) is 2. The maximum Gasteiger partial charge on any atom is 0.401 e. The monoisotopic (exact) mass is 580 g/mol. The van der Waals surface area contributed by atoms with Crippen molar-refractivity contribution in [1.82, 2.24) is 29.7 Å². The summed E-state index contributed by atoms with van der Waals surface area (Å²) in [6.45, 7) is 4.73. The molecule has 3 heterocycles. The van der Waals surface area contributed by atoms with E-state index in [-0.39, 0.29) is 48.5 Å². The molecular formula is C26H35F3N8O4. The first kappa shape index (κ1) is 30.4. The summed E-state index contributed by atoms with van der Waals surface area (Å²) in [5, 5.41) is 26.6. The van der Waals surface area contributed by atoms with Gasteiger partial charge in [0.05, 0.1) is 12.9 Å². The van der Waals surface area contributed by atoms with Crippen molar-refractivity contribution < 1.29 is 32.9 Å². The molecule has 224 valence electrons. The van der Waals surface area contributed by atoms with Crippen LogP contribution in [0.15, 0.2) is 36.9 Å². The molecule has 15 heteroatoms. The Kier molecular flexibility index (Phi) is 9.01. The molecule has 1 aliphatic rings. The molecule has 41 heavy (non-hydrogen) atoms. The number of rotatable bonds is 9. The van der Waals surface area contributed by atoms with E-state index in [1.165, 1.54) is 17.2 Å². The molecule has 1 aliphatic heterocycles. The predicted octanol–water partition coefficient (Wildman–Crippen LogP) is 2.40. The van der Waals surface area contributed by atoms with Crippen molar-refractivity contribution in [2.75, 3.05) is 37.2 Å². The summed E-state index contributed by atoms with van der Waals surface area (Å²) in [5.41, 5.74) is 7.98. The Balaban J connectivity index is 1.32. The van der Waals surface area contributed by atoms with E-state index in [1.54, 1.807) is 12.1 Å². The summed E-state index contributed by atoms with van der Waals surface area (Å²) in [4.78, 5) is 25.4. The highest BCUT2D eigenvalue weighted by molar-refractivity contribution is 5.89. The van der Waals surface area contributed by atoms with Crippen LogP contribution in [0, 0.1) is 0 Å². The number of carbonyl (C=O) groups is 1. The van der Waals surface area contributed by atoms with Crippen LogP contribution < -0.4 is 16.4 Å². The Morgan fingerprint density at radius 2 is 1.83 bits per heavy atom. The third-order valence-electron chi connectivity index (χ3n) is 6.78. The van der Waals surface area contributed by atoms with Crippen LogP contribution in [0.5, 0.6) is 0 Å². The van der Waals surface area contributed by atoms with Crippen molar-refractivity contribution in [1.29, 1.82) is 0 Å². The second-order valence-corrected chi connectivity index (χ2v) is 11.0. The zero-order chi connectivity index (χ0) is 29.9. The molecule has 4 atom stereocenters. The molecule has 1 fully saturated rings. The van der Waals surface area contributed by atoms with Crippen molar-refractivity contribution in [3.05, 3.63) is 42.5 Å². The van der Waals surface area contributed by atoms with E-state index in [2.05, 4.69) is 46.4 Å². The molecule has 1 aromatic carbocycles. The van der Waals surface area contributed by atoms with E-state index < -0.39 is 43.3 Å². The number of ether oxygens (including phenoxy) is 1. The van der Waals surface area contributed by atoms with E-state index in [9.17, 15) is 28.2 Å². The van der Waals surface area contributed by atoms with E-state index >= 15 is 0 Å². The predicted molar refractivity (Wildman–Crippen MR) is 145 cm³/mol. The topological polar surface area (TPSA) is 164 Å². The number of benzene rings is 1. The van der Waals surface area contributed by atoms with E-state index in [0.29, 0.717) is 5.69 Å². The first-order valence-corrected chi connectivity index (χ1v) is 13.1. The van der Waals surface area contributed by atoms with Crippen molar-refractivity contribution >= 4 is 28.7 Å². The Morgan fingerprint density at radius 3 is 2.49 bits per heavy atom. The standard InChI is InChI=1S/C26H35F3N8O4/c1-25(2,3)15-5-7-16(8-6-15)35-24(40)31-9-4-10-36(12-26(27,28)29)11-17-19(38)20(39)23(41-17)37-14-34-18-21(30)32-13-33-22(18)37/h5-8,13-14,17,19-20,23,38-39H,4,9-12H2,1-3H3,(H2,30,32,33)(H2,31,35,40)/t17-,19+,20-,23-/m1/s1. The van der Waals surface area contributed by atoms with Gasteiger partial charge in [0.2, 0.25) is 0 Å². The van der Waals surface area contributed by atoms with Gasteiger partial charge in [0.15, 0.2) is 17.7 Å². The van der Waals surface area contributed by atoms with Gasteiger partial charge in [-0.1, -0.05) is 32.9 Å². The van der Waals surface area contributed by atoms with E-state index in [4.69, 9.17) is 10.5 Å². The van der Waals surface area contributed by atoms with E-state index in [1.807, 2.05) is 12.1 Å². The molecule has 1 saturated heterocycles. The number of fused-ring (bicyclic) bond motifs is 1. The van der Waals surface area contributed by atoms with Crippen LogP contribution in [0.4, 0.5) is 29.5 Å². The molecular weight excluding hydrogens is 545 g/mol. The molecule has 3 aromatic rings. The minimum atomic E-state index is -4.51. The van der Waals surface area contributed by atoms with Gasteiger partial charge >= 0.3 is 12.2 Å². The zero-order valence-electron chi connectivity index (χ0n) is 23.0. The highest BCUT2D eigenvalue weighted by Crippen LogP contribution is 2.33. The number of anilines is 2. The maximum absolute atomic E-state index is 13.3. The van der Waals surface area contributed by atoms with Crippen LogP contribution in [0.25, 0.3) is 11.2 Å². The Labute approximate surface area is 234 Å². The molecule has 2 aromatic heterocycles. The average Bonchev–Trinajstić information content (AvgIpc) is 3.43. The largest absolute Gasteiger partial charge is 0.401 e. The highest BCUT2D eigenvalue weighted by Gasteiger charge is 2.45. The number of nitrogen functional groups attached to an aromatic ring is 1. The van der Waals surface area contributed by atoms with Crippen molar-refractivity contribution in [3.8, 4) is 0 Å². The third kappa shape index (κ3) is 7.61. The third-order valence-corrected chi connectivity index (χ3v) is 6.78.